The van der Waals surface area contributed by atoms with E-state index >= 15 is 0 Å². The Morgan fingerprint density at radius 2 is 1.84 bits per heavy atom. The molecule has 0 N–H and O–H groups in total. The number of hydrogen-bond donors (Lipinski definition) is 0. The highest BCUT2D eigenvalue weighted by molar-refractivity contribution is 5.91. The van der Waals surface area contributed by atoms with Crippen LogP contribution in [0.2, 0.25) is 0 Å². The van der Waals surface area contributed by atoms with Crippen molar-refractivity contribution in [3.05, 3.63) is 12.2 Å². The fourth-order valence-electron chi connectivity index (χ4n) is 5.78. The molecule has 1 heterocycles. The molecule has 1 unspecified atom stereocenters. The molecule has 0 aromatic carbocycles. The van der Waals surface area contributed by atoms with Gasteiger partial charge in [-0.3, -0.25) is 0 Å². The Labute approximate surface area is 116 Å². The number of rotatable bonds is 0. The summed E-state index contributed by atoms with van der Waals surface area (Å²) in [5.74, 6) is 0.738. The maximum Gasteiger partial charge on any atom is 0.334 e. The Balaban J connectivity index is 2.07. The molecule has 1 aliphatic heterocycles. The van der Waals surface area contributed by atoms with Crippen LogP contribution in [0.5, 0.6) is 0 Å². The second-order valence-corrected chi connectivity index (χ2v) is 8.10. The van der Waals surface area contributed by atoms with Crippen LogP contribution in [-0.2, 0) is 9.53 Å². The molecule has 1 saturated heterocycles. The minimum Gasteiger partial charge on any atom is -0.455 e. The van der Waals surface area contributed by atoms with E-state index in [1.54, 1.807) is 0 Å². The lowest BCUT2D eigenvalue weighted by Crippen LogP contribution is -2.56. The van der Waals surface area contributed by atoms with Gasteiger partial charge in [-0.25, -0.2) is 4.79 Å². The molecule has 0 aromatic heterocycles. The van der Waals surface area contributed by atoms with Gasteiger partial charge >= 0.3 is 5.97 Å². The zero-order chi connectivity index (χ0) is 14.1. The summed E-state index contributed by atoms with van der Waals surface area (Å²) in [6.07, 6.45) is 5.94. The third-order valence-electron chi connectivity index (χ3n) is 6.41. The van der Waals surface area contributed by atoms with Gasteiger partial charge in [-0.05, 0) is 49.4 Å². The molecule has 106 valence electrons. The Kier molecular flexibility index (Phi) is 2.54. The molecule has 0 radical (unpaired) electrons. The molecule has 0 spiro atoms. The van der Waals surface area contributed by atoms with Gasteiger partial charge in [0.2, 0.25) is 0 Å². The minimum atomic E-state index is -0.299. The molecule has 3 rings (SSSR count). The summed E-state index contributed by atoms with van der Waals surface area (Å²) in [5, 5.41) is 0. The molecule has 19 heavy (non-hydrogen) atoms. The molecule has 2 aliphatic carbocycles. The molecule has 3 aliphatic rings. The van der Waals surface area contributed by atoms with Crippen LogP contribution < -0.4 is 0 Å². The first-order valence-corrected chi connectivity index (χ1v) is 7.63. The Morgan fingerprint density at radius 1 is 1.16 bits per heavy atom. The van der Waals surface area contributed by atoms with Gasteiger partial charge in [0.05, 0.1) is 0 Å². The zero-order valence-electron chi connectivity index (χ0n) is 12.7. The summed E-state index contributed by atoms with van der Waals surface area (Å²) in [7, 11) is 0. The lowest BCUT2D eigenvalue weighted by Gasteiger charge is -2.59. The first kappa shape index (κ1) is 13.2. The molecule has 3 fully saturated rings. The molecule has 0 amide bonds. The Bertz CT molecular complexity index is 450. The highest BCUT2D eigenvalue weighted by Gasteiger charge is 2.64. The van der Waals surface area contributed by atoms with Crippen molar-refractivity contribution in [1.82, 2.24) is 0 Å². The van der Waals surface area contributed by atoms with Crippen molar-refractivity contribution in [2.24, 2.45) is 22.7 Å². The first-order chi connectivity index (χ1) is 8.71. The smallest absolute Gasteiger partial charge is 0.334 e. The maximum atomic E-state index is 12.0. The minimum absolute atomic E-state index is 0.155. The second kappa shape index (κ2) is 3.65. The average Bonchev–Trinajstić information content (AvgIpc) is 2.49. The summed E-state index contributed by atoms with van der Waals surface area (Å²) < 4.78 is 5.71. The molecule has 0 bridgehead atoms. The van der Waals surface area contributed by atoms with Gasteiger partial charge in [-0.1, -0.05) is 33.8 Å². The quantitative estimate of drug-likeness (QED) is 0.485. The van der Waals surface area contributed by atoms with Gasteiger partial charge < -0.3 is 4.74 Å². The predicted molar refractivity (Wildman–Crippen MR) is 75.6 cm³/mol. The number of ether oxygens (including phenoxy) is 1. The van der Waals surface area contributed by atoms with Gasteiger partial charge in [-0.2, -0.15) is 0 Å². The molecule has 4 atom stereocenters. The third kappa shape index (κ3) is 1.58. The van der Waals surface area contributed by atoms with E-state index in [0.717, 1.165) is 12.0 Å². The standard InChI is InChI=1S/C17H26O2/c1-11-13-16(4)9-6-8-15(2,3)12(16)7-10-17(13,5)19-14(11)18/h12-13H,1,6-10H2,2-5H3/t12?,13-,16+,17-/m1/s1. The summed E-state index contributed by atoms with van der Waals surface area (Å²) in [6, 6.07) is 0. The van der Waals surface area contributed by atoms with Crippen LogP contribution in [0.25, 0.3) is 0 Å². The zero-order valence-corrected chi connectivity index (χ0v) is 12.7. The van der Waals surface area contributed by atoms with E-state index in [0.29, 0.717) is 11.3 Å². The number of fused-ring (bicyclic) bond motifs is 3. The third-order valence-corrected chi connectivity index (χ3v) is 6.41. The van der Waals surface area contributed by atoms with E-state index in [1.807, 2.05) is 0 Å². The largest absolute Gasteiger partial charge is 0.455 e. The van der Waals surface area contributed by atoms with Crippen LogP contribution in [-0.4, -0.2) is 11.6 Å². The van der Waals surface area contributed by atoms with Gasteiger partial charge in [0.25, 0.3) is 0 Å². The SMILES string of the molecule is C=C1C(=O)O[C@]2(C)CCC3C(C)(C)CCC[C@]3(C)[C@@H]12. The highest BCUT2D eigenvalue weighted by atomic mass is 16.6. The fraction of sp³-hybridized carbons (Fsp3) is 0.824. The van der Waals surface area contributed by atoms with Crippen molar-refractivity contribution >= 4 is 5.97 Å². The Hall–Kier alpha value is -0.790. The molecule has 2 saturated carbocycles. The van der Waals surface area contributed by atoms with E-state index in [2.05, 4.69) is 34.3 Å². The maximum absolute atomic E-state index is 12.0. The summed E-state index contributed by atoms with van der Waals surface area (Å²) >= 11 is 0. The van der Waals surface area contributed by atoms with Gasteiger partial charge in [0.1, 0.15) is 5.60 Å². The predicted octanol–water partition coefficient (Wildman–Crippen LogP) is 4.10. The summed E-state index contributed by atoms with van der Waals surface area (Å²) in [4.78, 5) is 12.0. The van der Waals surface area contributed by atoms with E-state index in [9.17, 15) is 4.79 Å². The molecule has 0 aromatic rings. The molecular weight excluding hydrogens is 236 g/mol. The fourth-order valence-corrected chi connectivity index (χ4v) is 5.78. The monoisotopic (exact) mass is 262 g/mol. The number of carbonyl (C=O) groups excluding carboxylic acids is 1. The average molecular weight is 262 g/mol. The summed E-state index contributed by atoms with van der Waals surface area (Å²) in [5.41, 5.74) is 0.984. The Morgan fingerprint density at radius 3 is 2.53 bits per heavy atom. The van der Waals surface area contributed by atoms with Crippen molar-refractivity contribution < 1.29 is 9.53 Å². The van der Waals surface area contributed by atoms with Crippen LogP contribution in [0.3, 0.4) is 0 Å². The normalized spacial score (nSPS) is 48.4. The topological polar surface area (TPSA) is 26.3 Å². The van der Waals surface area contributed by atoms with Crippen molar-refractivity contribution in [3.63, 3.8) is 0 Å². The van der Waals surface area contributed by atoms with E-state index in [1.165, 1.54) is 25.7 Å². The van der Waals surface area contributed by atoms with Crippen LogP contribution in [0.15, 0.2) is 12.2 Å². The van der Waals surface area contributed by atoms with Crippen LogP contribution in [0.4, 0.5) is 0 Å². The summed E-state index contributed by atoms with van der Waals surface area (Å²) in [6.45, 7) is 13.4. The van der Waals surface area contributed by atoms with Crippen molar-refractivity contribution in [3.8, 4) is 0 Å². The van der Waals surface area contributed by atoms with Crippen molar-refractivity contribution in [2.45, 2.75) is 65.4 Å². The van der Waals surface area contributed by atoms with Gasteiger partial charge in [0.15, 0.2) is 0 Å². The second-order valence-electron chi connectivity index (χ2n) is 8.10. The van der Waals surface area contributed by atoms with Gasteiger partial charge in [-0.15, -0.1) is 0 Å². The number of esters is 1. The lowest BCUT2D eigenvalue weighted by molar-refractivity contribution is -0.164. The molecule has 2 nitrogen and oxygen atoms in total. The van der Waals surface area contributed by atoms with Crippen LogP contribution in [0, 0.1) is 22.7 Å². The van der Waals surface area contributed by atoms with Gasteiger partial charge in [0, 0.05) is 11.5 Å². The highest BCUT2D eigenvalue weighted by Crippen LogP contribution is 2.65. The van der Waals surface area contributed by atoms with Crippen LogP contribution >= 0.6 is 0 Å². The van der Waals surface area contributed by atoms with Crippen molar-refractivity contribution in [2.75, 3.05) is 0 Å². The van der Waals surface area contributed by atoms with Crippen molar-refractivity contribution in [1.29, 1.82) is 0 Å². The van der Waals surface area contributed by atoms with Crippen LogP contribution in [0.1, 0.15) is 59.8 Å². The molecular formula is C17H26O2. The first-order valence-electron chi connectivity index (χ1n) is 7.63. The van der Waals surface area contributed by atoms with E-state index < -0.39 is 0 Å². The number of carbonyl (C=O) groups is 1. The lowest BCUT2D eigenvalue weighted by atomic mass is 9.45. The van der Waals surface area contributed by atoms with E-state index in [4.69, 9.17) is 4.74 Å². The number of hydrogen-bond acceptors (Lipinski definition) is 2. The molecule has 2 heteroatoms. The van der Waals surface area contributed by atoms with E-state index in [-0.39, 0.29) is 22.9 Å².